The van der Waals surface area contributed by atoms with Crippen molar-refractivity contribution in [3.05, 3.63) is 53.7 Å². The van der Waals surface area contributed by atoms with Gasteiger partial charge in [-0.05, 0) is 55.5 Å². The van der Waals surface area contributed by atoms with Crippen LogP contribution in [-0.4, -0.2) is 42.9 Å². The lowest BCUT2D eigenvalue weighted by Crippen LogP contribution is -2.34. The van der Waals surface area contributed by atoms with Gasteiger partial charge >= 0.3 is 6.03 Å². The maximum atomic E-state index is 12.8. The van der Waals surface area contributed by atoms with E-state index in [1.165, 1.54) is 32.4 Å². The predicted molar refractivity (Wildman–Crippen MR) is 103 cm³/mol. The number of piperidine rings is 1. The number of hydrogen-bond acceptors (Lipinski definition) is 4. The largest absolute Gasteiger partial charge is 0.355 e. The molecule has 148 valence electrons. The number of carbonyl (C=O) groups is 1. The van der Waals surface area contributed by atoms with E-state index in [1.807, 2.05) is 12.1 Å². The van der Waals surface area contributed by atoms with Crippen molar-refractivity contribution in [2.45, 2.75) is 25.7 Å². The van der Waals surface area contributed by atoms with E-state index in [0.717, 1.165) is 31.0 Å². The summed E-state index contributed by atoms with van der Waals surface area (Å²) in [6.07, 6.45) is 6.11. The second-order valence-corrected chi connectivity index (χ2v) is 6.13. The van der Waals surface area contributed by atoms with E-state index in [-0.39, 0.29) is 7.46 Å². The summed E-state index contributed by atoms with van der Waals surface area (Å²) in [4.78, 5) is 13.1. The fraction of sp³-hybridized carbons (Fsp3) is 0.421. The molecule has 3 rings (SSSR count). The lowest BCUT2D eigenvalue weighted by atomic mass is 10.1. The molecule has 2 aromatic rings. The number of hydrogen-bond donors (Lipinski definition) is 2. The highest BCUT2D eigenvalue weighted by atomic mass is 19.2. The zero-order chi connectivity index (χ0) is 19.5. The molecule has 0 bridgehead atoms. The van der Waals surface area contributed by atoms with E-state index >= 15 is 0 Å². The number of rotatable bonds is 4. The second kappa shape index (κ2) is 11.1. The van der Waals surface area contributed by atoms with Crippen molar-refractivity contribution in [1.82, 2.24) is 20.8 Å². The van der Waals surface area contributed by atoms with Crippen LogP contribution in [0.5, 0.6) is 0 Å². The van der Waals surface area contributed by atoms with Crippen LogP contribution in [-0.2, 0) is 6.42 Å². The molecule has 1 aromatic carbocycles. The van der Waals surface area contributed by atoms with Crippen LogP contribution < -0.4 is 15.5 Å². The molecule has 1 saturated heterocycles. The molecule has 1 aromatic heterocycles. The highest BCUT2D eigenvalue weighted by molar-refractivity contribution is 5.73. The number of anilines is 1. The molecule has 0 aliphatic carbocycles. The Balaban J connectivity index is 0.000000275. The molecule has 8 heteroatoms. The van der Waals surface area contributed by atoms with Crippen molar-refractivity contribution in [2.75, 3.05) is 31.6 Å². The average Bonchev–Trinajstić information content (AvgIpc) is 2.72. The first-order valence-electron chi connectivity index (χ1n) is 9.02. The number of benzene rings is 1. The third kappa shape index (κ3) is 7.16. The Morgan fingerprint density at radius 1 is 1.19 bits per heavy atom. The van der Waals surface area contributed by atoms with Gasteiger partial charge in [0.1, 0.15) is 0 Å². The molecule has 2 amide bonds. The summed E-state index contributed by atoms with van der Waals surface area (Å²) in [6, 6.07) is 7.36. The molecule has 2 heterocycles. The Hall–Kier alpha value is -2.77. The maximum absolute atomic E-state index is 12.8. The van der Waals surface area contributed by atoms with E-state index in [2.05, 4.69) is 25.7 Å². The summed E-state index contributed by atoms with van der Waals surface area (Å²) in [5, 5.41) is 12.9. The summed E-state index contributed by atoms with van der Waals surface area (Å²) >= 11 is 0. The van der Waals surface area contributed by atoms with Gasteiger partial charge in [0.05, 0.1) is 0 Å². The first kappa shape index (κ1) is 20.5. The molecular weight excluding hydrogens is 352 g/mol. The zero-order valence-corrected chi connectivity index (χ0v) is 15.4. The van der Waals surface area contributed by atoms with E-state index in [0.29, 0.717) is 18.5 Å². The van der Waals surface area contributed by atoms with E-state index in [4.69, 9.17) is 0 Å². The van der Waals surface area contributed by atoms with E-state index in [1.54, 1.807) is 6.20 Å². The number of nitrogens with one attached hydrogen (secondary N) is 2. The third-order valence-electron chi connectivity index (χ3n) is 4.15. The third-order valence-corrected chi connectivity index (χ3v) is 4.15. The van der Waals surface area contributed by atoms with Gasteiger partial charge in [-0.2, -0.15) is 5.10 Å². The number of urea groups is 1. The number of carbonyl (C=O) groups excluding carboxylic acids is 1. The highest BCUT2D eigenvalue weighted by Crippen LogP contribution is 2.15. The Labute approximate surface area is 159 Å². The molecule has 0 atom stereocenters. The first-order chi connectivity index (χ1) is 13.1. The summed E-state index contributed by atoms with van der Waals surface area (Å²) in [7, 11) is 1.51. The summed E-state index contributed by atoms with van der Waals surface area (Å²) in [5.74, 6) is -0.706. The average molecular weight is 379 g/mol. The van der Waals surface area contributed by atoms with Crippen molar-refractivity contribution in [1.29, 1.82) is 0 Å². The van der Waals surface area contributed by atoms with Crippen LogP contribution in [0.4, 0.5) is 19.4 Å². The van der Waals surface area contributed by atoms with Crippen LogP contribution in [0.15, 0.2) is 36.5 Å². The van der Waals surface area contributed by atoms with Crippen LogP contribution in [0, 0.1) is 11.6 Å². The van der Waals surface area contributed by atoms with Crippen LogP contribution in [0.25, 0.3) is 0 Å². The topological polar surface area (TPSA) is 70.1 Å². The molecular formula is C19H27F2N5O. The van der Waals surface area contributed by atoms with Gasteiger partial charge in [0, 0.05) is 34.3 Å². The van der Waals surface area contributed by atoms with Crippen LogP contribution in [0.3, 0.4) is 0 Å². The monoisotopic (exact) mass is 379 g/mol. The van der Waals surface area contributed by atoms with E-state index in [9.17, 15) is 13.6 Å². The van der Waals surface area contributed by atoms with Crippen LogP contribution >= 0.6 is 0 Å². The molecule has 0 spiro atoms. The molecule has 2 N–H and O–H groups in total. The molecule has 0 unspecified atom stereocenters. The number of amides is 2. The molecule has 1 aliphatic rings. The van der Waals surface area contributed by atoms with Crippen LogP contribution in [0.1, 0.15) is 26.3 Å². The fourth-order valence-electron chi connectivity index (χ4n) is 2.69. The summed E-state index contributed by atoms with van der Waals surface area (Å²) in [5.41, 5.74) is 0.644. The van der Waals surface area contributed by atoms with Crippen molar-refractivity contribution < 1.29 is 15.0 Å². The minimum atomic E-state index is -0.868. The zero-order valence-electron chi connectivity index (χ0n) is 15.4. The number of nitrogens with zero attached hydrogens (tertiary/aromatic N) is 3. The predicted octanol–water partition coefficient (Wildman–Crippen LogP) is 3.15. The van der Waals surface area contributed by atoms with Gasteiger partial charge in [0.2, 0.25) is 0 Å². The number of halogens is 2. The van der Waals surface area contributed by atoms with Crippen molar-refractivity contribution in [3.63, 3.8) is 0 Å². The minimum absolute atomic E-state index is 0. The van der Waals surface area contributed by atoms with Gasteiger partial charge in [-0.3, -0.25) is 0 Å². The van der Waals surface area contributed by atoms with Gasteiger partial charge in [0.15, 0.2) is 17.5 Å². The Morgan fingerprint density at radius 2 is 1.96 bits per heavy atom. The molecule has 27 heavy (non-hydrogen) atoms. The smallest absolute Gasteiger partial charge is 0.314 e. The Kier molecular flexibility index (Phi) is 8.41. The summed E-state index contributed by atoms with van der Waals surface area (Å²) in [6.45, 7) is 2.65. The number of aromatic nitrogens is 2. The second-order valence-electron chi connectivity index (χ2n) is 6.13. The quantitative estimate of drug-likeness (QED) is 0.856. The van der Waals surface area contributed by atoms with Crippen LogP contribution in [0.2, 0.25) is 0 Å². The van der Waals surface area contributed by atoms with Gasteiger partial charge in [0.25, 0.3) is 0 Å². The van der Waals surface area contributed by atoms with Gasteiger partial charge in [-0.25, -0.2) is 13.6 Å². The van der Waals surface area contributed by atoms with Gasteiger partial charge < -0.3 is 15.5 Å². The Bertz CT molecular complexity index is 715. The van der Waals surface area contributed by atoms with Crippen molar-refractivity contribution in [3.8, 4) is 0 Å². The Morgan fingerprint density at radius 3 is 2.59 bits per heavy atom. The van der Waals surface area contributed by atoms with Gasteiger partial charge in [-0.15, -0.1) is 5.10 Å². The minimum Gasteiger partial charge on any atom is -0.355 e. The molecule has 0 saturated carbocycles. The van der Waals surface area contributed by atoms with Gasteiger partial charge in [-0.1, -0.05) is 6.07 Å². The molecule has 1 fully saturated rings. The standard InChI is InChI=1S/C10H12F2N2O.C9H13N3.H2/c1-13-10(15)14-5-4-7-2-3-8(11)9(12)6-7;1-2-7-12(8-3-1)9-5-4-6-10-11-9;/h2-3,6H,4-5H2,1H3,(H2,13,14,15);4-6H,1-3,7-8H2;1H. The summed E-state index contributed by atoms with van der Waals surface area (Å²) < 4.78 is 25.3. The first-order valence-corrected chi connectivity index (χ1v) is 9.02. The van der Waals surface area contributed by atoms with E-state index < -0.39 is 11.6 Å². The SMILES string of the molecule is CNC(=O)NCCc1ccc(F)c(F)c1.[HH].c1cnnc(N2CCCCC2)c1. The lowest BCUT2D eigenvalue weighted by Gasteiger charge is -2.26. The normalized spacial score (nSPS) is 13.4. The molecule has 0 radical (unpaired) electrons. The molecule has 6 nitrogen and oxygen atoms in total. The highest BCUT2D eigenvalue weighted by Gasteiger charge is 2.11. The lowest BCUT2D eigenvalue weighted by molar-refractivity contribution is 0.243. The van der Waals surface area contributed by atoms with Crippen molar-refractivity contribution in [2.24, 2.45) is 0 Å². The maximum Gasteiger partial charge on any atom is 0.314 e. The fourth-order valence-corrected chi connectivity index (χ4v) is 2.69. The van der Waals surface area contributed by atoms with Crippen molar-refractivity contribution >= 4 is 11.8 Å². The molecule has 1 aliphatic heterocycles.